The summed E-state index contributed by atoms with van der Waals surface area (Å²) in [6, 6.07) is 7.74. The van der Waals surface area contributed by atoms with Gasteiger partial charge >= 0.3 is 0 Å². The van der Waals surface area contributed by atoms with Crippen LogP contribution in [0.1, 0.15) is 43.7 Å². The minimum Gasteiger partial charge on any atom is -0.384 e. The normalized spacial score (nSPS) is 21.2. The quantitative estimate of drug-likeness (QED) is 0.838. The maximum atomic E-state index is 12.1. The van der Waals surface area contributed by atoms with Crippen LogP contribution >= 0.6 is 0 Å². The van der Waals surface area contributed by atoms with Gasteiger partial charge in [0.25, 0.3) is 0 Å². The van der Waals surface area contributed by atoms with E-state index >= 15 is 0 Å². The lowest BCUT2D eigenvalue weighted by Crippen LogP contribution is -2.32. The summed E-state index contributed by atoms with van der Waals surface area (Å²) in [5.74, 6) is 6.61. The maximum absolute atomic E-state index is 12.1. The molecule has 1 aromatic carbocycles. The molecule has 3 nitrogen and oxygen atoms in total. The van der Waals surface area contributed by atoms with Gasteiger partial charge in [0.05, 0.1) is 0 Å². The molecule has 0 aromatic heterocycles. The lowest BCUT2D eigenvalue weighted by atomic mass is 9.82. The Balaban J connectivity index is 1.81. The van der Waals surface area contributed by atoms with Gasteiger partial charge in [0.2, 0.25) is 5.91 Å². The van der Waals surface area contributed by atoms with Gasteiger partial charge in [-0.2, -0.15) is 0 Å². The van der Waals surface area contributed by atoms with Crippen LogP contribution in [0.2, 0.25) is 0 Å². The zero-order chi connectivity index (χ0) is 15.1. The summed E-state index contributed by atoms with van der Waals surface area (Å²) in [5, 5.41) is 11.7. The second-order valence-electron chi connectivity index (χ2n) is 5.83. The van der Waals surface area contributed by atoms with E-state index < -0.39 is 0 Å². The molecule has 1 aliphatic carbocycles. The SMILES string of the molecule is CC1CCC(C(=O)NCc2ccc(C#CCO)cc2)CC1. The van der Waals surface area contributed by atoms with Gasteiger partial charge in [-0.25, -0.2) is 0 Å². The van der Waals surface area contributed by atoms with E-state index in [0.717, 1.165) is 42.7 Å². The molecule has 0 heterocycles. The van der Waals surface area contributed by atoms with Gasteiger partial charge < -0.3 is 10.4 Å². The number of carbonyl (C=O) groups is 1. The fourth-order valence-electron chi connectivity index (χ4n) is 2.70. The van der Waals surface area contributed by atoms with E-state index in [1.54, 1.807) is 0 Å². The predicted octanol–water partition coefficient (Wildman–Crippen LogP) is 2.47. The number of aliphatic hydroxyl groups is 1. The number of aliphatic hydroxyl groups excluding tert-OH is 1. The molecule has 1 fully saturated rings. The van der Waals surface area contributed by atoms with Crippen molar-refractivity contribution < 1.29 is 9.90 Å². The number of amides is 1. The standard InChI is InChI=1S/C18H23NO2/c1-14-4-10-17(11-5-14)18(21)19-13-16-8-6-15(7-9-16)3-2-12-20/h6-9,14,17,20H,4-5,10-13H2,1H3,(H,19,21). The third kappa shape index (κ3) is 4.91. The molecule has 0 radical (unpaired) electrons. The smallest absolute Gasteiger partial charge is 0.223 e. The van der Waals surface area contributed by atoms with E-state index in [1.807, 2.05) is 24.3 Å². The molecule has 1 amide bonds. The summed E-state index contributed by atoms with van der Waals surface area (Å²) in [6.07, 6.45) is 4.36. The van der Waals surface area contributed by atoms with Gasteiger partial charge in [0.15, 0.2) is 0 Å². The van der Waals surface area contributed by atoms with Crippen LogP contribution in [0.4, 0.5) is 0 Å². The molecule has 0 unspecified atom stereocenters. The fourth-order valence-corrected chi connectivity index (χ4v) is 2.70. The molecule has 0 aliphatic heterocycles. The molecule has 1 aliphatic rings. The van der Waals surface area contributed by atoms with Gasteiger partial charge in [0.1, 0.15) is 6.61 Å². The fraction of sp³-hybridized carbons (Fsp3) is 0.500. The first-order valence-electron chi connectivity index (χ1n) is 7.65. The van der Waals surface area contributed by atoms with Crippen molar-refractivity contribution in [3.63, 3.8) is 0 Å². The molecule has 21 heavy (non-hydrogen) atoms. The van der Waals surface area contributed by atoms with Gasteiger partial charge in [0, 0.05) is 18.0 Å². The van der Waals surface area contributed by atoms with Crippen LogP contribution in [0.3, 0.4) is 0 Å². The van der Waals surface area contributed by atoms with E-state index in [1.165, 1.54) is 0 Å². The Hall–Kier alpha value is -1.79. The van der Waals surface area contributed by atoms with Gasteiger partial charge in [-0.3, -0.25) is 4.79 Å². The molecule has 1 aromatic rings. The van der Waals surface area contributed by atoms with Crippen LogP contribution in [-0.2, 0) is 11.3 Å². The number of benzene rings is 1. The lowest BCUT2D eigenvalue weighted by molar-refractivity contribution is -0.126. The highest BCUT2D eigenvalue weighted by atomic mass is 16.2. The highest BCUT2D eigenvalue weighted by Crippen LogP contribution is 2.28. The average Bonchev–Trinajstić information content (AvgIpc) is 2.52. The summed E-state index contributed by atoms with van der Waals surface area (Å²) in [5.41, 5.74) is 1.95. The summed E-state index contributed by atoms with van der Waals surface area (Å²) >= 11 is 0. The third-order valence-corrected chi connectivity index (χ3v) is 4.12. The maximum Gasteiger partial charge on any atom is 0.223 e. The summed E-state index contributed by atoms with van der Waals surface area (Å²) in [6.45, 7) is 2.70. The molecule has 112 valence electrons. The predicted molar refractivity (Wildman–Crippen MR) is 83.4 cm³/mol. The van der Waals surface area contributed by atoms with Crippen LogP contribution < -0.4 is 5.32 Å². The van der Waals surface area contributed by atoms with Crippen LogP contribution in [-0.4, -0.2) is 17.6 Å². The first kappa shape index (κ1) is 15.6. The van der Waals surface area contributed by atoms with Crippen LogP contribution in [0.15, 0.2) is 24.3 Å². The van der Waals surface area contributed by atoms with E-state index in [0.29, 0.717) is 6.54 Å². The molecule has 0 bridgehead atoms. The number of rotatable bonds is 3. The highest BCUT2D eigenvalue weighted by molar-refractivity contribution is 5.78. The second-order valence-corrected chi connectivity index (χ2v) is 5.83. The van der Waals surface area contributed by atoms with Crippen LogP contribution in [0.25, 0.3) is 0 Å². The molecule has 2 rings (SSSR count). The molecule has 0 saturated heterocycles. The Labute approximate surface area is 126 Å². The lowest BCUT2D eigenvalue weighted by Gasteiger charge is -2.25. The van der Waals surface area contributed by atoms with Crippen LogP contribution in [0.5, 0.6) is 0 Å². The first-order chi connectivity index (χ1) is 10.2. The molecule has 1 saturated carbocycles. The Morgan fingerprint density at radius 2 is 1.90 bits per heavy atom. The van der Waals surface area contributed by atoms with E-state index in [2.05, 4.69) is 24.1 Å². The van der Waals surface area contributed by atoms with E-state index in [4.69, 9.17) is 5.11 Å². The number of hydrogen-bond acceptors (Lipinski definition) is 2. The van der Waals surface area contributed by atoms with Crippen molar-refractivity contribution in [3.8, 4) is 11.8 Å². The molecule has 0 spiro atoms. The number of hydrogen-bond donors (Lipinski definition) is 2. The second kappa shape index (κ2) is 7.85. The Morgan fingerprint density at radius 3 is 2.52 bits per heavy atom. The summed E-state index contributed by atoms with van der Waals surface area (Å²) in [4.78, 5) is 12.1. The molecular weight excluding hydrogens is 262 g/mol. The minimum absolute atomic E-state index is 0.127. The topological polar surface area (TPSA) is 49.3 Å². The van der Waals surface area contributed by atoms with Crippen LogP contribution in [0, 0.1) is 23.7 Å². The number of carbonyl (C=O) groups excluding carboxylic acids is 1. The van der Waals surface area contributed by atoms with Crippen molar-refractivity contribution in [2.24, 2.45) is 11.8 Å². The zero-order valence-electron chi connectivity index (χ0n) is 12.6. The minimum atomic E-state index is -0.127. The van der Waals surface area contributed by atoms with E-state index in [-0.39, 0.29) is 18.4 Å². The van der Waals surface area contributed by atoms with Crippen molar-refractivity contribution in [1.29, 1.82) is 0 Å². The zero-order valence-corrected chi connectivity index (χ0v) is 12.6. The van der Waals surface area contributed by atoms with Crippen molar-refractivity contribution in [2.45, 2.75) is 39.2 Å². The molecule has 2 N–H and O–H groups in total. The van der Waals surface area contributed by atoms with Gasteiger partial charge in [-0.05, 0) is 49.3 Å². The van der Waals surface area contributed by atoms with Gasteiger partial charge in [-0.1, -0.05) is 30.9 Å². The summed E-state index contributed by atoms with van der Waals surface area (Å²) in [7, 11) is 0. The van der Waals surface area contributed by atoms with Crippen molar-refractivity contribution in [2.75, 3.05) is 6.61 Å². The Morgan fingerprint density at radius 1 is 1.24 bits per heavy atom. The highest BCUT2D eigenvalue weighted by Gasteiger charge is 2.23. The largest absolute Gasteiger partial charge is 0.384 e. The number of nitrogens with one attached hydrogen (secondary N) is 1. The average molecular weight is 285 g/mol. The summed E-state index contributed by atoms with van der Waals surface area (Å²) < 4.78 is 0. The molecule has 3 heteroatoms. The Kier molecular flexibility index (Phi) is 5.83. The first-order valence-corrected chi connectivity index (χ1v) is 7.65. The van der Waals surface area contributed by atoms with Gasteiger partial charge in [-0.15, -0.1) is 0 Å². The van der Waals surface area contributed by atoms with Crippen molar-refractivity contribution in [1.82, 2.24) is 5.32 Å². The Bertz CT molecular complexity index is 516. The van der Waals surface area contributed by atoms with Crippen molar-refractivity contribution >= 4 is 5.91 Å². The monoisotopic (exact) mass is 285 g/mol. The molecule has 0 atom stereocenters. The van der Waals surface area contributed by atoms with E-state index in [9.17, 15) is 4.79 Å². The third-order valence-electron chi connectivity index (χ3n) is 4.12. The van der Waals surface area contributed by atoms with Crippen molar-refractivity contribution in [3.05, 3.63) is 35.4 Å². The molecular formula is C18H23NO2.